The average molecular weight is 421 g/mol. The Morgan fingerprint density at radius 2 is 2.10 bits per heavy atom. The van der Waals surface area contributed by atoms with Crippen LogP contribution in [0.3, 0.4) is 0 Å². The summed E-state index contributed by atoms with van der Waals surface area (Å²) >= 11 is 8.60. The van der Waals surface area contributed by atoms with Gasteiger partial charge in [0.25, 0.3) is 0 Å². The highest BCUT2D eigenvalue weighted by Gasteiger charge is 2.14. The summed E-state index contributed by atoms with van der Waals surface area (Å²) in [6.07, 6.45) is 3.30. The van der Waals surface area contributed by atoms with Crippen molar-refractivity contribution in [2.75, 3.05) is 13.2 Å². The molecule has 1 aromatic carbocycles. The summed E-state index contributed by atoms with van der Waals surface area (Å²) in [5.41, 5.74) is 2.18. The molecule has 1 unspecified atom stereocenters. The van der Waals surface area contributed by atoms with Crippen LogP contribution in [-0.4, -0.2) is 22.8 Å². The average Bonchev–Trinajstić information content (AvgIpc) is 2.80. The molecule has 0 bridgehead atoms. The second kappa shape index (κ2) is 8.34. The number of aryl methyl sites for hydroxylation is 1. The number of hydrogen-bond acceptors (Lipinski definition) is 2. The molecule has 3 nitrogen and oxygen atoms in total. The zero-order chi connectivity index (χ0) is 15.2. The van der Waals surface area contributed by atoms with E-state index in [0.29, 0.717) is 0 Å². The van der Waals surface area contributed by atoms with Crippen LogP contribution in [0.2, 0.25) is 0 Å². The lowest BCUT2D eigenvalue weighted by Gasteiger charge is -2.10. The molecule has 21 heavy (non-hydrogen) atoms. The van der Waals surface area contributed by atoms with Gasteiger partial charge in [0.1, 0.15) is 5.82 Å². The van der Waals surface area contributed by atoms with Crippen molar-refractivity contribution in [3.05, 3.63) is 27.6 Å². The van der Waals surface area contributed by atoms with Crippen molar-refractivity contribution < 1.29 is 4.74 Å². The normalized spacial score (nSPS) is 13.0. The van der Waals surface area contributed by atoms with Crippen molar-refractivity contribution in [2.45, 2.75) is 45.0 Å². The lowest BCUT2D eigenvalue weighted by molar-refractivity contribution is 0.126. The number of halogens is 2. The Hall–Kier alpha value is -0.330. The fraction of sp³-hybridized carbons (Fsp3) is 0.562. The van der Waals surface area contributed by atoms with Gasteiger partial charge in [0.05, 0.1) is 16.4 Å². The van der Waals surface area contributed by atoms with E-state index >= 15 is 0 Å². The van der Waals surface area contributed by atoms with Crippen molar-refractivity contribution >= 4 is 45.2 Å². The minimum absolute atomic E-state index is 0.0870. The number of hydrogen-bond donors (Lipinski definition) is 0. The van der Waals surface area contributed by atoms with E-state index in [0.717, 1.165) is 49.5 Å². The Balaban J connectivity index is 2.08. The van der Waals surface area contributed by atoms with Gasteiger partial charge in [0.15, 0.2) is 0 Å². The summed E-state index contributed by atoms with van der Waals surface area (Å²) in [5.74, 6) is 0.947. The third kappa shape index (κ3) is 4.57. The molecule has 0 aliphatic heterocycles. The first-order valence-corrected chi connectivity index (χ1v) is 9.02. The second-order valence-electron chi connectivity index (χ2n) is 5.19. The van der Waals surface area contributed by atoms with Crippen LogP contribution in [0.5, 0.6) is 0 Å². The fourth-order valence-electron chi connectivity index (χ4n) is 2.33. The maximum Gasteiger partial charge on any atom is 0.127 e. The summed E-state index contributed by atoms with van der Waals surface area (Å²) < 4.78 is 9.06. The number of nitrogens with zero attached hydrogens (tertiary/aromatic N) is 2. The number of benzene rings is 1. The number of rotatable bonds is 8. The van der Waals surface area contributed by atoms with Crippen molar-refractivity contribution in [3.8, 4) is 0 Å². The lowest BCUT2D eigenvalue weighted by atomic mass is 10.3. The van der Waals surface area contributed by atoms with E-state index in [-0.39, 0.29) is 5.38 Å². The Bertz CT molecular complexity index is 583. The zero-order valence-electron chi connectivity index (χ0n) is 12.6. The topological polar surface area (TPSA) is 27.1 Å². The maximum atomic E-state index is 6.28. The monoisotopic (exact) mass is 420 g/mol. The van der Waals surface area contributed by atoms with Gasteiger partial charge in [0.2, 0.25) is 0 Å². The van der Waals surface area contributed by atoms with E-state index in [4.69, 9.17) is 16.3 Å². The maximum absolute atomic E-state index is 6.28. The molecule has 0 saturated heterocycles. The van der Waals surface area contributed by atoms with Crippen LogP contribution in [0, 0.1) is 3.57 Å². The van der Waals surface area contributed by atoms with Crippen LogP contribution in [-0.2, 0) is 11.3 Å². The minimum Gasteiger partial charge on any atom is -0.381 e. The molecule has 0 saturated carbocycles. The summed E-state index contributed by atoms with van der Waals surface area (Å²) in [6.45, 7) is 6.70. The summed E-state index contributed by atoms with van der Waals surface area (Å²) in [7, 11) is 0. The number of fused-ring (bicyclic) bond motifs is 1. The van der Waals surface area contributed by atoms with Gasteiger partial charge in [-0.25, -0.2) is 4.98 Å². The van der Waals surface area contributed by atoms with E-state index in [2.05, 4.69) is 57.3 Å². The number of unbranched alkanes of at least 4 members (excludes halogenated alkanes) is 1. The van der Waals surface area contributed by atoms with Gasteiger partial charge < -0.3 is 9.30 Å². The van der Waals surface area contributed by atoms with Gasteiger partial charge >= 0.3 is 0 Å². The molecule has 1 aromatic heterocycles. The highest BCUT2D eigenvalue weighted by molar-refractivity contribution is 14.1. The van der Waals surface area contributed by atoms with E-state index in [9.17, 15) is 0 Å². The molecular weight excluding hydrogens is 399 g/mol. The number of aromatic nitrogens is 2. The third-order valence-corrected chi connectivity index (χ3v) is 4.27. The Morgan fingerprint density at radius 1 is 1.33 bits per heavy atom. The van der Waals surface area contributed by atoms with Crippen LogP contribution in [0.25, 0.3) is 11.0 Å². The van der Waals surface area contributed by atoms with Crippen molar-refractivity contribution in [1.29, 1.82) is 0 Å². The largest absolute Gasteiger partial charge is 0.381 e. The molecule has 116 valence electrons. The Kier molecular flexibility index (Phi) is 6.76. The van der Waals surface area contributed by atoms with Gasteiger partial charge in [-0.1, -0.05) is 13.3 Å². The molecule has 0 radical (unpaired) electrons. The molecule has 0 aliphatic carbocycles. The number of ether oxygens (including phenoxy) is 1. The van der Waals surface area contributed by atoms with E-state index < -0.39 is 0 Å². The van der Waals surface area contributed by atoms with Crippen molar-refractivity contribution in [2.24, 2.45) is 0 Å². The SMILES string of the molecule is CCCCOCCCn1c(C(C)Cl)nc2cc(I)ccc21. The molecule has 2 rings (SSSR count). The first-order valence-electron chi connectivity index (χ1n) is 7.51. The van der Waals surface area contributed by atoms with E-state index in [1.54, 1.807) is 0 Å². The highest BCUT2D eigenvalue weighted by Crippen LogP contribution is 2.26. The summed E-state index contributed by atoms with van der Waals surface area (Å²) in [6, 6.07) is 6.35. The van der Waals surface area contributed by atoms with E-state index in [1.807, 2.05) is 6.92 Å². The summed E-state index contributed by atoms with van der Waals surface area (Å²) in [5, 5.41) is -0.0870. The van der Waals surface area contributed by atoms with Crippen LogP contribution >= 0.6 is 34.2 Å². The Morgan fingerprint density at radius 3 is 2.81 bits per heavy atom. The summed E-state index contributed by atoms with van der Waals surface area (Å²) in [4.78, 5) is 4.69. The molecule has 1 atom stereocenters. The van der Waals surface area contributed by atoms with Gasteiger partial charge in [0, 0.05) is 23.3 Å². The van der Waals surface area contributed by atoms with Gasteiger partial charge in [-0.15, -0.1) is 11.6 Å². The smallest absolute Gasteiger partial charge is 0.127 e. The standard InChI is InChI=1S/C16H22ClIN2O/c1-3-4-9-21-10-5-8-20-15-7-6-13(18)11-14(15)19-16(20)12(2)17/h6-7,11-12H,3-5,8-10H2,1-2H3. The minimum atomic E-state index is -0.0870. The third-order valence-electron chi connectivity index (χ3n) is 3.41. The van der Waals surface area contributed by atoms with Gasteiger partial charge in [-0.05, 0) is 60.6 Å². The second-order valence-corrected chi connectivity index (χ2v) is 7.09. The molecule has 2 aromatic rings. The highest BCUT2D eigenvalue weighted by atomic mass is 127. The zero-order valence-corrected chi connectivity index (χ0v) is 15.5. The molecular formula is C16H22ClIN2O. The predicted octanol–water partition coefficient (Wildman–Crippen LogP) is 5.15. The van der Waals surface area contributed by atoms with Crippen LogP contribution in [0.15, 0.2) is 18.2 Å². The van der Waals surface area contributed by atoms with Gasteiger partial charge in [-0.2, -0.15) is 0 Å². The molecule has 0 spiro atoms. The Labute approximate surface area is 145 Å². The molecule has 0 aliphatic rings. The quantitative estimate of drug-likeness (QED) is 0.335. The lowest BCUT2D eigenvalue weighted by Crippen LogP contribution is -2.07. The van der Waals surface area contributed by atoms with Crippen LogP contribution in [0.1, 0.15) is 44.3 Å². The first-order chi connectivity index (χ1) is 10.1. The van der Waals surface area contributed by atoms with Crippen molar-refractivity contribution in [1.82, 2.24) is 9.55 Å². The van der Waals surface area contributed by atoms with E-state index in [1.165, 1.54) is 9.99 Å². The van der Waals surface area contributed by atoms with Crippen LogP contribution < -0.4 is 0 Å². The first kappa shape index (κ1) is 17.0. The number of alkyl halides is 1. The molecule has 5 heteroatoms. The number of imidazole rings is 1. The van der Waals surface area contributed by atoms with Crippen molar-refractivity contribution in [3.63, 3.8) is 0 Å². The molecule has 0 amide bonds. The van der Waals surface area contributed by atoms with Crippen LogP contribution in [0.4, 0.5) is 0 Å². The molecule has 1 heterocycles. The fourth-order valence-corrected chi connectivity index (χ4v) is 2.97. The molecule has 0 N–H and O–H groups in total. The van der Waals surface area contributed by atoms with Gasteiger partial charge in [-0.3, -0.25) is 0 Å². The molecule has 0 fully saturated rings. The predicted molar refractivity (Wildman–Crippen MR) is 97.1 cm³/mol.